The van der Waals surface area contributed by atoms with Crippen molar-refractivity contribution in [2.24, 2.45) is 22.7 Å². The van der Waals surface area contributed by atoms with Gasteiger partial charge in [-0.05, 0) is 86.9 Å². The van der Waals surface area contributed by atoms with Crippen molar-refractivity contribution in [2.75, 3.05) is 0 Å². The van der Waals surface area contributed by atoms with E-state index in [0.29, 0.717) is 32.1 Å². The van der Waals surface area contributed by atoms with Crippen molar-refractivity contribution >= 4 is 0 Å². The summed E-state index contributed by atoms with van der Waals surface area (Å²) >= 11 is 0. The van der Waals surface area contributed by atoms with Crippen molar-refractivity contribution in [3.63, 3.8) is 0 Å². The third kappa shape index (κ3) is 4.45. The Balaban J connectivity index is 1.57. The van der Waals surface area contributed by atoms with Gasteiger partial charge in [-0.15, -0.1) is 0 Å². The summed E-state index contributed by atoms with van der Waals surface area (Å²) in [5.41, 5.74) is -4.16. The maximum Gasteiger partial charge on any atom is 0.426 e. The summed E-state index contributed by atoms with van der Waals surface area (Å²) in [6.07, 6.45) is -4.61. The fourth-order valence-electron chi connectivity index (χ4n) is 7.46. The smallest absolute Gasteiger partial charge is 0.393 e. The molecule has 0 radical (unpaired) electrons. The summed E-state index contributed by atoms with van der Waals surface area (Å²) in [5.74, 6) is -0.236. The molecule has 0 aromatic heterocycles. The van der Waals surface area contributed by atoms with Gasteiger partial charge >= 0.3 is 12.4 Å². The number of hydrogen-bond donors (Lipinski definition) is 3. The number of alkyl halides is 6. The Kier molecular flexibility index (Phi) is 6.51. The number of hydrogen-bond acceptors (Lipinski definition) is 3. The van der Waals surface area contributed by atoms with Crippen molar-refractivity contribution < 1.29 is 41.7 Å². The molecular formula is C25H34F6O3. The molecule has 4 aliphatic rings. The Labute approximate surface area is 195 Å². The minimum atomic E-state index is -5.78. The molecular weight excluding hydrogens is 462 g/mol. The van der Waals surface area contributed by atoms with E-state index in [1.165, 1.54) is 0 Å². The minimum Gasteiger partial charge on any atom is -0.393 e. The Morgan fingerprint density at radius 2 is 1.50 bits per heavy atom. The second kappa shape index (κ2) is 8.51. The van der Waals surface area contributed by atoms with Gasteiger partial charge in [0.1, 0.15) is 0 Å². The SMILES string of the molecule is C[C@]12CCC/C(=C\C=C3\CC(O)C[C@H](O)C3)C1CCC2C1(CC(O)(C(F)(F)F)C(F)(F)F)CC1. The van der Waals surface area contributed by atoms with E-state index in [-0.39, 0.29) is 24.7 Å². The van der Waals surface area contributed by atoms with Gasteiger partial charge in [0, 0.05) is 6.42 Å². The van der Waals surface area contributed by atoms with E-state index >= 15 is 0 Å². The molecule has 5 atom stereocenters. The van der Waals surface area contributed by atoms with Crippen LogP contribution in [0, 0.1) is 22.7 Å². The highest BCUT2D eigenvalue weighted by Crippen LogP contribution is 2.71. The molecule has 0 aliphatic heterocycles. The van der Waals surface area contributed by atoms with Crippen LogP contribution in [0.5, 0.6) is 0 Å². The molecule has 4 saturated carbocycles. The van der Waals surface area contributed by atoms with Crippen molar-refractivity contribution in [3.8, 4) is 0 Å². The lowest BCUT2D eigenvalue weighted by Crippen LogP contribution is -2.59. The van der Waals surface area contributed by atoms with Gasteiger partial charge in [0.05, 0.1) is 12.2 Å². The maximum absolute atomic E-state index is 13.4. The number of allylic oxidation sites excluding steroid dienone is 3. The number of fused-ring (bicyclic) bond motifs is 1. The molecule has 4 fully saturated rings. The minimum absolute atomic E-state index is 0.0730. The predicted molar refractivity (Wildman–Crippen MR) is 114 cm³/mol. The standard InChI is InChI=1S/C25H34F6O3/c1-21-8-2-3-16(5-4-15-11-17(32)13-18(33)12-15)19(21)6-7-20(21)22(9-10-22)14-23(34,24(26,27)28)25(29,30)31/h4-5,17-20,32-34H,2-3,6-14H2,1H3/b15-4-,16-5+/t17?,18-,19?,20?,21+/m1/s1. The quantitative estimate of drug-likeness (QED) is 0.419. The topological polar surface area (TPSA) is 60.7 Å². The van der Waals surface area contributed by atoms with E-state index in [1.54, 1.807) is 0 Å². The number of rotatable bonds is 4. The highest BCUT2D eigenvalue weighted by molar-refractivity contribution is 5.27. The van der Waals surface area contributed by atoms with Gasteiger partial charge in [-0.25, -0.2) is 0 Å². The molecule has 0 amide bonds. The summed E-state index contributed by atoms with van der Waals surface area (Å²) < 4.78 is 80.7. The third-order valence-electron chi connectivity index (χ3n) is 9.21. The van der Waals surface area contributed by atoms with E-state index in [4.69, 9.17) is 0 Å². The monoisotopic (exact) mass is 496 g/mol. The lowest BCUT2D eigenvalue weighted by Gasteiger charge is -2.47. The van der Waals surface area contributed by atoms with E-state index < -0.39 is 47.4 Å². The van der Waals surface area contributed by atoms with Crippen molar-refractivity contribution in [1.29, 1.82) is 0 Å². The number of aliphatic hydroxyl groups is 3. The summed E-state index contributed by atoms with van der Waals surface area (Å²) in [6.45, 7) is 2.00. The third-order valence-corrected chi connectivity index (χ3v) is 9.21. The van der Waals surface area contributed by atoms with E-state index in [1.807, 2.05) is 19.1 Å². The summed E-state index contributed by atoms with van der Waals surface area (Å²) in [5, 5.41) is 29.7. The van der Waals surface area contributed by atoms with Crippen LogP contribution in [0.1, 0.15) is 77.6 Å². The van der Waals surface area contributed by atoms with Gasteiger partial charge in [0.15, 0.2) is 0 Å². The molecule has 0 saturated heterocycles. The van der Waals surface area contributed by atoms with Gasteiger partial charge in [0.2, 0.25) is 0 Å². The van der Waals surface area contributed by atoms with Gasteiger partial charge < -0.3 is 15.3 Å². The van der Waals surface area contributed by atoms with E-state index in [2.05, 4.69) is 0 Å². The highest BCUT2D eigenvalue weighted by Gasteiger charge is 2.75. The Morgan fingerprint density at radius 3 is 2.03 bits per heavy atom. The zero-order valence-electron chi connectivity index (χ0n) is 19.4. The second-order valence-electron chi connectivity index (χ2n) is 11.5. The molecule has 3 unspecified atom stereocenters. The van der Waals surface area contributed by atoms with Crippen LogP contribution in [-0.2, 0) is 0 Å². The van der Waals surface area contributed by atoms with Gasteiger partial charge in [0.25, 0.3) is 5.60 Å². The summed E-state index contributed by atoms with van der Waals surface area (Å²) in [7, 11) is 0. The van der Waals surface area contributed by atoms with Crippen LogP contribution >= 0.6 is 0 Å². The molecule has 0 aromatic carbocycles. The molecule has 194 valence electrons. The van der Waals surface area contributed by atoms with Crippen LogP contribution in [0.3, 0.4) is 0 Å². The molecule has 0 aromatic rings. The predicted octanol–water partition coefficient (Wildman–Crippen LogP) is 5.99. The molecule has 3 nitrogen and oxygen atoms in total. The van der Waals surface area contributed by atoms with Crippen molar-refractivity contribution in [2.45, 2.75) is 108 Å². The zero-order valence-corrected chi connectivity index (χ0v) is 19.4. The van der Waals surface area contributed by atoms with Crippen LogP contribution in [0.4, 0.5) is 26.3 Å². The molecule has 9 heteroatoms. The average Bonchev–Trinajstić information content (AvgIpc) is 3.35. The van der Waals surface area contributed by atoms with Crippen LogP contribution in [0.15, 0.2) is 23.3 Å². The van der Waals surface area contributed by atoms with Crippen LogP contribution in [0.25, 0.3) is 0 Å². The first-order valence-corrected chi connectivity index (χ1v) is 12.2. The fraction of sp³-hybridized carbons (Fsp3) is 0.840. The first-order valence-electron chi connectivity index (χ1n) is 12.2. The molecule has 0 heterocycles. The molecule has 34 heavy (non-hydrogen) atoms. The molecule has 0 bridgehead atoms. The van der Waals surface area contributed by atoms with Gasteiger partial charge in [-0.1, -0.05) is 30.2 Å². The normalized spacial score (nSPS) is 38.9. The van der Waals surface area contributed by atoms with Crippen molar-refractivity contribution in [1.82, 2.24) is 0 Å². The molecule has 4 rings (SSSR count). The lowest BCUT2D eigenvalue weighted by atomic mass is 9.59. The lowest BCUT2D eigenvalue weighted by molar-refractivity contribution is -0.375. The molecule has 0 spiro atoms. The Morgan fingerprint density at radius 1 is 0.912 bits per heavy atom. The van der Waals surface area contributed by atoms with Crippen LogP contribution < -0.4 is 0 Å². The fourth-order valence-corrected chi connectivity index (χ4v) is 7.46. The van der Waals surface area contributed by atoms with E-state index in [9.17, 15) is 41.7 Å². The summed E-state index contributed by atoms with van der Waals surface area (Å²) in [6, 6.07) is 0. The van der Waals surface area contributed by atoms with E-state index in [0.717, 1.165) is 30.4 Å². The van der Waals surface area contributed by atoms with Crippen LogP contribution in [0.2, 0.25) is 0 Å². The van der Waals surface area contributed by atoms with Gasteiger partial charge in [-0.3, -0.25) is 0 Å². The zero-order chi connectivity index (χ0) is 25.2. The maximum atomic E-state index is 13.4. The number of halogens is 6. The largest absolute Gasteiger partial charge is 0.426 e. The average molecular weight is 497 g/mol. The molecule has 4 aliphatic carbocycles. The highest BCUT2D eigenvalue weighted by atomic mass is 19.4. The Hall–Kier alpha value is -1.06. The molecule has 3 N–H and O–H groups in total. The summed E-state index contributed by atoms with van der Waals surface area (Å²) in [4.78, 5) is 0. The first kappa shape index (κ1) is 26.0. The van der Waals surface area contributed by atoms with Crippen molar-refractivity contribution in [3.05, 3.63) is 23.3 Å². The first-order chi connectivity index (χ1) is 15.6. The van der Waals surface area contributed by atoms with Gasteiger partial charge in [-0.2, -0.15) is 26.3 Å². The number of aliphatic hydroxyl groups excluding tert-OH is 2. The Bertz CT molecular complexity index is 815. The second-order valence-corrected chi connectivity index (χ2v) is 11.5. The van der Waals surface area contributed by atoms with Crippen LogP contribution in [-0.4, -0.2) is 45.5 Å².